The van der Waals surface area contributed by atoms with Crippen LogP contribution in [-0.4, -0.2) is 30.9 Å². The van der Waals surface area contributed by atoms with Crippen LogP contribution in [0.1, 0.15) is 32.6 Å². The van der Waals surface area contributed by atoms with Crippen molar-refractivity contribution >= 4 is 23.5 Å². The first-order valence-corrected chi connectivity index (χ1v) is 5.66. The second kappa shape index (κ2) is 9.77. The molecule has 5 heteroatoms. The Hall–Kier alpha value is -0.770. The quantitative estimate of drug-likeness (QED) is 0.394. The molecule has 0 aliphatic rings. The number of carbonyl (C=O) groups excluding carboxylic acids is 2. The van der Waals surface area contributed by atoms with Gasteiger partial charge >= 0.3 is 5.97 Å². The Morgan fingerprint density at radius 1 is 1.27 bits per heavy atom. The number of ether oxygens (including phenoxy) is 1. The summed E-state index contributed by atoms with van der Waals surface area (Å²) < 4.78 is 4.76. The van der Waals surface area contributed by atoms with Gasteiger partial charge in [-0.2, -0.15) is 0 Å². The Kier molecular flexibility index (Phi) is 9.27. The summed E-state index contributed by atoms with van der Waals surface area (Å²) in [5.41, 5.74) is 0. The van der Waals surface area contributed by atoms with E-state index >= 15 is 0 Å². The van der Waals surface area contributed by atoms with Gasteiger partial charge < -0.3 is 10.1 Å². The molecule has 0 atom stereocenters. The van der Waals surface area contributed by atoms with Gasteiger partial charge in [0.05, 0.1) is 6.61 Å². The first-order chi connectivity index (χ1) is 7.16. The highest BCUT2D eigenvalue weighted by molar-refractivity contribution is 6.18. The number of halogens is 1. The second-order valence-corrected chi connectivity index (χ2v) is 3.57. The molecular weight excluding hydrogens is 218 g/mol. The molecule has 0 spiro atoms. The van der Waals surface area contributed by atoms with Gasteiger partial charge in [0, 0.05) is 25.8 Å². The van der Waals surface area contributed by atoms with Crippen LogP contribution in [0.4, 0.5) is 0 Å². The first-order valence-electron chi connectivity index (χ1n) is 5.13. The smallest absolute Gasteiger partial charge is 0.302 e. The predicted molar refractivity (Wildman–Crippen MR) is 58.8 cm³/mol. The van der Waals surface area contributed by atoms with Crippen molar-refractivity contribution in [3.05, 3.63) is 0 Å². The summed E-state index contributed by atoms with van der Waals surface area (Å²) in [6, 6.07) is 0. The maximum absolute atomic E-state index is 11.1. The van der Waals surface area contributed by atoms with E-state index in [0.717, 1.165) is 19.3 Å². The zero-order chi connectivity index (χ0) is 11.5. The molecular formula is C10H18ClNO3. The fourth-order valence-electron chi connectivity index (χ4n) is 1.06. The van der Waals surface area contributed by atoms with Crippen LogP contribution >= 0.6 is 11.6 Å². The van der Waals surface area contributed by atoms with E-state index in [0.29, 0.717) is 25.5 Å². The molecule has 1 N–H and O–H groups in total. The van der Waals surface area contributed by atoms with Crippen LogP contribution in [0.5, 0.6) is 0 Å². The standard InChI is InChI=1S/C10H18ClNO3/c1-9(13)15-8-4-2-3-5-10(14)12-7-6-11/h2-8H2,1H3,(H,12,14). The van der Waals surface area contributed by atoms with Gasteiger partial charge in [-0.1, -0.05) is 0 Å². The molecule has 0 aliphatic carbocycles. The highest BCUT2D eigenvalue weighted by Crippen LogP contribution is 2.00. The molecule has 0 saturated carbocycles. The SMILES string of the molecule is CC(=O)OCCCCCC(=O)NCCCl. The third kappa shape index (κ3) is 11.2. The van der Waals surface area contributed by atoms with Crippen molar-refractivity contribution < 1.29 is 14.3 Å². The lowest BCUT2D eigenvalue weighted by Crippen LogP contribution is -2.24. The summed E-state index contributed by atoms with van der Waals surface area (Å²) in [6.45, 7) is 2.35. The number of unbranched alkanes of at least 4 members (excludes halogenated alkanes) is 2. The van der Waals surface area contributed by atoms with Crippen molar-refractivity contribution in [1.82, 2.24) is 5.32 Å². The van der Waals surface area contributed by atoms with Crippen molar-refractivity contribution in [2.75, 3.05) is 19.0 Å². The van der Waals surface area contributed by atoms with Crippen LogP contribution in [0, 0.1) is 0 Å². The van der Waals surface area contributed by atoms with Crippen LogP contribution in [0.2, 0.25) is 0 Å². The molecule has 88 valence electrons. The third-order valence-corrected chi connectivity index (χ3v) is 1.96. The van der Waals surface area contributed by atoms with Gasteiger partial charge in [-0.25, -0.2) is 0 Å². The zero-order valence-corrected chi connectivity index (χ0v) is 9.81. The Balaban J connectivity index is 3.16. The number of esters is 1. The Morgan fingerprint density at radius 3 is 2.60 bits per heavy atom. The Labute approximate surface area is 95.3 Å². The lowest BCUT2D eigenvalue weighted by Gasteiger charge is -2.03. The highest BCUT2D eigenvalue weighted by atomic mass is 35.5. The molecule has 0 saturated heterocycles. The van der Waals surface area contributed by atoms with Crippen molar-refractivity contribution in [2.24, 2.45) is 0 Å². The lowest BCUT2D eigenvalue weighted by atomic mass is 10.2. The molecule has 0 aliphatic heterocycles. The average Bonchev–Trinajstić information content (AvgIpc) is 2.19. The highest BCUT2D eigenvalue weighted by Gasteiger charge is 1.99. The van der Waals surface area contributed by atoms with E-state index in [2.05, 4.69) is 5.32 Å². The summed E-state index contributed by atoms with van der Waals surface area (Å²) >= 11 is 5.41. The van der Waals surface area contributed by atoms with Crippen LogP contribution in [-0.2, 0) is 14.3 Å². The maximum Gasteiger partial charge on any atom is 0.302 e. The topological polar surface area (TPSA) is 55.4 Å². The molecule has 0 radical (unpaired) electrons. The number of alkyl halides is 1. The molecule has 0 fully saturated rings. The summed E-state index contributed by atoms with van der Waals surface area (Å²) in [5.74, 6) is 0.219. The van der Waals surface area contributed by atoms with Gasteiger partial charge in [0.15, 0.2) is 0 Å². The first kappa shape index (κ1) is 14.2. The molecule has 0 bridgehead atoms. The monoisotopic (exact) mass is 235 g/mol. The number of nitrogens with one attached hydrogen (secondary N) is 1. The maximum atomic E-state index is 11.1. The number of amides is 1. The van der Waals surface area contributed by atoms with E-state index in [9.17, 15) is 9.59 Å². The van der Waals surface area contributed by atoms with E-state index in [1.165, 1.54) is 6.92 Å². The molecule has 0 rings (SSSR count). The van der Waals surface area contributed by atoms with Gasteiger partial charge in [-0.15, -0.1) is 11.6 Å². The van der Waals surface area contributed by atoms with Crippen LogP contribution in [0.25, 0.3) is 0 Å². The van der Waals surface area contributed by atoms with Gasteiger partial charge in [0.1, 0.15) is 0 Å². The van der Waals surface area contributed by atoms with Gasteiger partial charge in [0.2, 0.25) is 5.91 Å². The number of hydrogen-bond acceptors (Lipinski definition) is 3. The molecule has 0 aromatic rings. The number of hydrogen-bond donors (Lipinski definition) is 1. The fourth-order valence-corrected chi connectivity index (χ4v) is 1.15. The van der Waals surface area contributed by atoms with E-state index < -0.39 is 0 Å². The second-order valence-electron chi connectivity index (χ2n) is 3.19. The molecule has 15 heavy (non-hydrogen) atoms. The fraction of sp³-hybridized carbons (Fsp3) is 0.800. The third-order valence-electron chi connectivity index (χ3n) is 1.77. The van der Waals surface area contributed by atoms with Gasteiger partial charge in [-0.05, 0) is 19.3 Å². The summed E-state index contributed by atoms with van der Waals surface area (Å²) in [7, 11) is 0. The molecule has 1 amide bonds. The molecule has 0 aromatic heterocycles. The molecule has 0 heterocycles. The van der Waals surface area contributed by atoms with Gasteiger partial charge in [-0.3, -0.25) is 9.59 Å². The van der Waals surface area contributed by atoms with Crippen molar-refractivity contribution in [3.8, 4) is 0 Å². The number of rotatable bonds is 8. The summed E-state index contributed by atoms with van der Waals surface area (Å²) in [4.78, 5) is 21.5. The minimum Gasteiger partial charge on any atom is -0.466 e. The van der Waals surface area contributed by atoms with E-state index in [4.69, 9.17) is 16.3 Å². The van der Waals surface area contributed by atoms with Crippen molar-refractivity contribution in [3.63, 3.8) is 0 Å². The van der Waals surface area contributed by atoms with Crippen molar-refractivity contribution in [2.45, 2.75) is 32.6 Å². The minimum absolute atomic E-state index is 0.0307. The van der Waals surface area contributed by atoms with E-state index in [-0.39, 0.29) is 11.9 Å². The van der Waals surface area contributed by atoms with Crippen LogP contribution in [0.15, 0.2) is 0 Å². The molecule has 0 unspecified atom stereocenters. The molecule has 4 nitrogen and oxygen atoms in total. The van der Waals surface area contributed by atoms with Crippen LogP contribution < -0.4 is 5.32 Å². The predicted octanol–water partition coefficient (Wildman–Crippen LogP) is 1.46. The largest absolute Gasteiger partial charge is 0.466 e. The Bertz CT molecular complexity index is 197. The Morgan fingerprint density at radius 2 is 2.00 bits per heavy atom. The summed E-state index contributed by atoms with van der Waals surface area (Å²) in [5, 5.41) is 2.69. The van der Waals surface area contributed by atoms with Gasteiger partial charge in [0.25, 0.3) is 0 Å². The normalized spacial score (nSPS) is 9.73. The average molecular weight is 236 g/mol. The zero-order valence-electron chi connectivity index (χ0n) is 9.05. The number of carbonyl (C=O) groups is 2. The van der Waals surface area contributed by atoms with E-state index in [1.54, 1.807) is 0 Å². The van der Waals surface area contributed by atoms with E-state index in [1.807, 2.05) is 0 Å². The van der Waals surface area contributed by atoms with Crippen molar-refractivity contribution in [1.29, 1.82) is 0 Å². The minimum atomic E-state index is -0.255. The summed E-state index contributed by atoms with van der Waals surface area (Å²) in [6.07, 6.45) is 3.02. The van der Waals surface area contributed by atoms with Crippen LogP contribution in [0.3, 0.4) is 0 Å². The molecule has 0 aromatic carbocycles. The lowest BCUT2D eigenvalue weighted by molar-refractivity contribution is -0.141.